The Morgan fingerprint density at radius 2 is 2.05 bits per heavy atom. The molecule has 1 N–H and O–H groups in total. The Kier molecular flexibility index (Phi) is 6.31. The van der Waals surface area contributed by atoms with E-state index in [2.05, 4.69) is 24.1 Å². The molecule has 0 aromatic rings. The summed E-state index contributed by atoms with van der Waals surface area (Å²) in [7, 11) is 1.81. The fourth-order valence-corrected chi connectivity index (χ4v) is 4.07. The molecule has 1 saturated carbocycles. The molecule has 1 spiro atoms. The zero-order valence-electron chi connectivity index (χ0n) is 13.8. The van der Waals surface area contributed by atoms with Crippen LogP contribution in [0.1, 0.15) is 58.8 Å². The van der Waals surface area contributed by atoms with Gasteiger partial charge in [-0.15, -0.1) is 0 Å². The van der Waals surface area contributed by atoms with Gasteiger partial charge in [0, 0.05) is 44.9 Å². The van der Waals surface area contributed by atoms with Gasteiger partial charge in [-0.2, -0.15) is 0 Å². The van der Waals surface area contributed by atoms with Gasteiger partial charge in [0.15, 0.2) is 0 Å². The third kappa shape index (κ3) is 3.96. The van der Waals surface area contributed by atoms with Gasteiger partial charge in [-0.25, -0.2) is 0 Å². The van der Waals surface area contributed by atoms with Gasteiger partial charge in [0.05, 0.1) is 0 Å². The van der Waals surface area contributed by atoms with E-state index in [4.69, 9.17) is 4.74 Å². The molecule has 2 aliphatic rings. The molecule has 1 saturated heterocycles. The lowest BCUT2D eigenvalue weighted by Gasteiger charge is -2.51. The fraction of sp³-hybridized carbons (Fsp3) is 1.00. The maximum absolute atomic E-state index is 5.25. The molecule has 0 radical (unpaired) electrons. The highest BCUT2D eigenvalue weighted by Gasteiger charge is 2.40. The first-order chi connectivity index (χ1) is 9.71. The van der Waals surface area contributed by atoms with Gasteiger partial charge in [-0.05, 0) is 25.2 Å². The fourth-order valence-electron chi connectivity index (χ4n) is 4.07. The van der Waals surface area contributed by atoms with Crippen molar-refractivity contribution >= 4 is 0 Å². The Bertz CT molecular complexity index is 276. The van der Waals surface area contributed by atoms with E-state index in [-0.39, 0.29) is 0 Å². The maximum Gasteiger partial charge on any atom is 0.0474 e. The van der Waals surface area contributed by atoms with Crippen molar-refractivity contribution in [2.24, 2.45) is 5.92 Å². The number of methoxy groups -OCH3 is 1. The van der Waals surface area contributed by atoms with Gasteiger partial charge in [0.25, 0.3) is 0 Å². The zero-order valence-corrected chi connectivity index (χ0v) is 13.8. The average Bonchev–Trinajstić information content (AvgIpc) is 2.48. The van der Waals surface area contributed by atoms with Crippen LogP contribution in [0.4, 0.5) is 0 Å². The summed E-state index contributed by atoms with van der Waals surface area (Å²) in [5, 5.41) is 3.95. The first kappa shape index (κ1) is 16.3. The summed E-state index contributed by atoms with van der Waals surface area (Å²) in [4.78, 5) is 2.77. The van der Waals surface area contributed by atoms with Crippen molar-refractivity contribution in [3.05, 3.63) is 0 Å². The number of hydrogen-bond donors (Lipinski definition) is 1. The van der Waals surface area contributed by atoms with Crippen molar-refractivity contribution in [3.8, 4) is 0 Å². The maximum atomic E-state index is 5.25. The van der Waals surface area contributed by atoms with E-state index >= 15 is 0 Å². The van der Waals surface area contributed by atoms with Crippen molar-refractivity contribution in [2.45, 2.75) is 70.4 Å². The summed E-state index contributed by atoms with van der Waals surface area (Å²) < 4.78 is 5.25. The molecule has 118 valence electrons. The van der Waals surface area contributed by atoms with Crippen LogP contribution in [0, 0.1) is 5.92 Å². The van der Waals surface area contributed by atoms with Crippen molar-refractivity contribution in [3.63, 3.8) is 0 Å². The average molecular weight is 282 g/mol. The molecule has 0 aromatic heterocycles. The molecule has 3 nitrogen and oxygen atoms in total. The third-order valence-electron chi connectivity index (χ3n) is 5.57. The van der Waals surface area contributed by atoms with Gasteiger partial charge in [-0.1, -0.05) is 39.5 Å². The van der Waals surface area contributed by atoms with E-state index < -0.39 is 0 Å². The second-order valence-corrected chi connectivity index (χ2v) is 6.99. The van der Waals surface area contributed by atoms with E-state index in [1.165, 1.54) is 64.6 Å². The normalized spacial score (nSPS) is 28.6. The van der Waals surface area contributed by atoms with Crippen LogP contribution in [-0.4, -0.2) is 49.8 Å². The largest absolute Gasteiger partial charge is 0.385 e. The van der Waals surface area contributed by atoms with Gasteiger partial charge >= 0.3 is 0 Å². The molecule has 0 aromatic carbocycles. The van der Waals surface area contributed by atoms with E-state index in [1.54, 1.807) is 0 Å². The van der Waals surface area contributed by atoms with Crippen molar-refractivity contribution in [1.29, 1.82) is 0 Å². The Morgan fingerprint density at radius 1 is 1.30 bits per heavy atom. The highest BCUT2D eigenvalue weighted by Crippen LogP contribution is 2.33. The summed E-state index contributed by atoms with van der Waals surface area (Å²) in [6.45, 7) is 9.27. The number of rotatable bonds is 6. The number of piperazine rings is 1. The molecule has 1 heterocycles. The van der Waals surface area contributed by atoms with Gasteiger partial charge < -0.3 is 10.1 Å². The highest BCUT2D eigenvalue weighted by molar-refractivity contribution is 5.00. The summed E-state index contributed by atoms with van der Waals surface area (Å²) in [5.41, 5.74) is 0.426. The molecule has 20 heavy (non-hydrogen) atoms. The summed E-state index contributed by atoms with van der Waals surface area (Å²) >= 11 is 0. The lowest BCUT2D eigenvalue weighted by atomic mass is 9.78. The van der Waals surface area contributed by atoms with Crippen LogP contribution in [0.15, 0.2) is 0 Å². The van der Waals surface area contributed by atoms with Gasteiger partial charge in [-0.3, -0.25) is 4.90 Å². The van der Waals surface area contributed by atoms with Crippen molar-refractivity contribution < 1.29 is 4.74 Å². The minimum absolute atomic E-state index is 0.426. The second-order valence-electron chi connectivity index (χ2n) is 6.99. The third-order valence-corrected chi connectivity index (χ3v) is 5.57. The Labute approximate surface area is 125 Å². The summed E-state index contributed by atoms with van der Waals surface area (Å²) in [6.07, 6.45) is 9.45. The van der Waals surface area contributed by atoms with Crippen LogP contribution >= 0.6 is 0 Å². The van der Waals surface area contributed by atoms with E-state index in [0.717, 1.165) is 12.5 Å². The van der Waals surface area contributed by atoms with Crippen molar-refractivity contribution in [2.75, 3.05) is 33.4 Å². The Morgan fingerprint density at radius 3 is 2.70 bits per heavy atom. The van der Waals surface area contributed by atoms with E-state index in [0.29, 0.717) is 11.6 Å². The molecule has 2 unspecified atom stereocenters. The standard InChI is InChI=1S/C17H34N2O/c1-4-15(2)16-13-18-17(9-6-5-7-10-17)14-19(16)11-8-12-20-3/h15-16,18H,4-14H2,1-3H3. The Hall–Kier alpha value is -0.120. The first-order valence-corrected chi connectivity index (χ1v) is 8.69. The lowest BCUT2D eigenvalue weighted by Crippen LogP contribution is -2.66. The molecule has 1 aliphatic carbocycles. The highest BCUT2D eigenvalue weighted by atomic mass is 16.5. The van der Waals surface area contributed by atoms with Gasteiger partial charge in [0.2, 0.25) is 0 Å². The smallest absolute Gasteiger partial charge is 0.0474 e. The first-order valence-electron chi connectivity index (χ1n) is 8.69. The van der Waals surface area contributed by atoms with Crippen LogP contribution in [0.2, 0.25) is 0 Å². The second kappa shape index (κ2) is 7.77. The van der Waals surface area contributed by atoms with Crippen LogP contribution in [0.3, 0.4) is 0 Å². The predicted molar refractivity (Wildman–Crippen MR) is 85.1 cm³/mol. The number of ether oxygens (including phenoxy) is 1. The molecule has 2 rings (SSSR count). The minimum Gasteiger partial charge on any atom is -0.385 e. The van der Waals surface area contributed by atoms with Crippen LogP contribution in [-0.2, 0) is 4.74 Å². The Balaban J connectivity index is 1.97. The molecule has 0 amide bonds. The number of nitrogens with one attached hydrogen (secondary N) is 1. The minimum atomic E-state index is 0.426. The topological polar surface area (TPSA) is 24.5 Å². The van der Waals surface area contributed by atoms with E-state index in [1.807, 2.05) is 7.11 Å². The molecule has 2 fully saturated rings. The van der Waals surface area contributed by atoms with Crippen LogP contribution < -0.4 is 5.32 Å². The molecule has 2 atom stereocenters. The lowest BCUT2D eigenvalue weighted by molar-refractivity contribution is 0.0269. The van der Waals surface area contributed by atoms with E-state index in [9.17, 15) is 0 Å². The van der Waals surface area contributed by atoms with Gasteiger partial charge in [0.1, 0.15) is 0 Å². The number of hydrogen-bond acceptors (Lipinski definition) is 3. The number of nitrogens with zero attached hydrogens (tertiary/aromatic N) is 1. The summed E-state index contributed by atoms with van der Waals surface area (Å²) in [5.74, 6) is 0.783. The van der Waals surface area contributed by atoms with Crippen LogP contribution in [0.5, 0.6) is 0 Å². The molecule has 0 bridgehead atoms. The SMILES string of the molecule is CCC(C)C1CNC2(CCCCC2)CN1CCCOC. The van der Waals surface area contributed by atoms with Crippen LogP contribution in [0.25, 0.3) is 0 Å². The molecular weight excluding hydrogens is 248 g/mol. The molecular formula is C17H34N2O. The quantitative estimate of drug-likeness (QED) is 0.758. The van der Waals surface area contributed by atoms with Crippen molar-refractivity contribution in [1.82, 2.24) is 10.2 Å². The molecule has 3 heteroatoms. The monoisotopic (exact) mass is 282 g/mol. The predicted octanol–water partition coefficient (Wildman–Crippen LogP) is 3.05. The summed E-state index contributed by atoms with van der Waals surface area (Å²) in [6, 6.07) is 0.712. The zero-order chi connectivity index (χ0) is 14.4. The molecule has 1 aliphatic heterocycles.